The van der Waals surface area contributed by atoms with E-state index in [1.165, 1.54) is 11.5 Å². The van der Waals surface area contributed by atoms with Crippen LogP contribution in [0.25, 0.3) is 37.1 Å². The number of methoxy groups -OCH3 is 1. The van der Waals surface area contributed by atoms with E-state index in [2.05, 4.69) is 13.8 Å². The number of aromatic amines is 1. The Morgan fingerprint density at radius 3 is 2.62 bits per heavy atom. The second-order valence-corrected chi connectivity index (χ2v) is 7.99. The quantitative estimate of drug-likeness (QED) is 0.516. The SMILES string of the molecule is [C-]#[N+]Cc1ccc(-c2ccc3c(=O)c4c(=O)[nH]sc4n(C4CC4)c3c2OC)cc1. The Bertz CT molecular complexity index is 1420. The molecule has 1 aliphatic rings. The fourth-order valence-corrected chi connectivity index (χ4v) is 4.81. The first kappa shape index (κ1) is 17.7. The van der Waals surface area contributed by atoms with Gasteiger partial charge in [-0.2, -0.15) is 0 Å². The van der Waals surface area contributed by atoms with Crippen LogP contribution < -0.4 is 15.7 Å². The van der Waals surface area contributed by atoms with Crippen molar-refractivity contribution < 1.29 is 4.74 Å². The maximum absolute atomic E-state index is 13.1. The maximum atomic E-state index is 13.1. The first-order valence-electron chi connectivity index (χ1n) is 9.33. The van der Waals surface area contributed by atoms with Crippen LogP contribution in [-0.4, -0.2) is 16.1 Å². The fourth-order valence-electron chi connectivity index (χ4n) is 3.89. The molecule has 1 aliphatic carbocycles. The number of H-pyrrole nitrogens is 1. The first-order chi connectivity index (χ1) is 14.1. The largest absolute Gasteiger partial charge is 0.494 e. The smallest absolute Gasteiger partial charge is 0.271 e. The van der Waals surface area contributed by atoms with Gasteiger partial charge in [-0.15, -0.1) is 0 Å². The lowest BCUT2D eigenvalue weighted by molar-refractivity contribution is 0.419. The average molecular weight is 403 g/mol. The molecule has 1 N–H and O–H groups in total. The molecule has 0 radical (unpaired) electrons. The average Bonchev–Trinajstić information content (AvgIpc) is 3.50. The van der Waals surface area contributed by atoms with Gasteiger partial charge in [0, 0.05) is 17.2 Å². The normalized spacial score (nSPS) is 13.7. The Hall–Kier alpha value is -3.37. The zero-order valence-electron chi connectivity index (χ0n) is 15.7. The lowest BCUT2D eigenvalue weighted by atomic mass is 10.00. The second kappa shape index (κ2) is 6.61. The molecule has 2 aromatic heterocycles. The number of ether oxygens (including phenoxy) is 1. The molecule has 2 heterocycles. The highest BCUT2D eigenvalue weighted by molar-refractivity contribution is 7.12. The van der Waals surface area contributed by atoms with Crippen molar-refractivity contribution in [3.05, 3.63) is 74.0 Å². The number of hydrogen-bond acceptors (Lipinski definition) is 4. The molecule has 6 nitrogen and oxygen atoms in total. The Balaban J connectivity index is 1.86. The highest BCUT2D eigenvalue weighted by Crippen LogP contribution is 2.44. The first-order valence-corrected chi connectivity index (χ1v) is 10.1. The van der Waals surface area contributed by atoms with Crippen LogP contribution in [0.1, 0.15) is 24.4 Å². The van der Waals surface area contributed by atoms with Crippen molar-refractivity contribution in [1.29, 1.82) is 0 Å². The van der Waals surface area contributed by atoms with E-state index in [1.54, 1.807) is 13.2 Å². The molecule has 29 heavy (non-hydrogen) atoms. The van der Waals surface area contributed by atoms with E-state index < -0.39 is 0 Å². The van der Waals surface area contributed by atoms with Crippen LogP contribution in [0.3, 0.4) is 0 Å². The second-order valence-electron chi connectivity index (χ2n) is 7.20. The molecule has 2 aromatic carbocycles. The molecule has 0 aliphatic heterocycles. The molecule has 1 fully saturated rings. The predicted octanol–water partition coefficient (Wildman–Crippen LogP) is 4.33. The molecule has 0 amide bonds. The molecule has 144 valence electrons. The number of aromatic nitrogens is 2. The number of nitrogens with zero attached hydrogens (tertiary/aromatic N) is 2. The Kier molecular flexibility index (Phi) is 4.03. The summed E-state index contributed by atoms with van der Waals surface area (Å²) in [5.41, 5.74) is 2.94. The van der Waals surface area contributed by atoms with Gasteiger partial charge in [-0.05, 0) is 42.1 Å². The summed E-state index contributed by atoms with van der Waals surface area (Å²) in [6.45, 7) is 7.37. The van der Waals surface area contributed by atoms with Crippen LogP contribution in [0.5, 0.6) is 5.75 Å². The molecule has 7 heteroatoms. The predicted molar refractivity (Wildman–Crippen MR) is 115 cm³/mol. The number of nitrogens with one attached hydrogen (secondary N) is 1. The van der Waals surface area contributed by atoms with Crippen LogP contribution >= 0.6 is 11.5 Å². The number of benzene rings is 2. The minimum Gasteiger partial charge on any atom is -0.494 e. The lowest BCUT2D eigenvalue weighted by Gasteiger charge is -2.17. The highest BCUT2D eigenvalue weighted by Gasteiger charge is 2.30. The van der Waals surface area contributed by atoms with Crippen molar-refractivity contribution in [1.82, 2.24) is 8.94 Å². The molecule has 4 aromatic rings. The summed E-state index contributed by atoms with van der Waals surface area (Å²) < 4.78 is 10.6. The van der Waals surface area contributed by atoms with Gasteiger partial charge < -0.3 is 14.1 Å². The minimum atomic E-state index is -0.329. The van der Waals surface area contributed by atoms with Gasteiger partial charge >= 0.3 is 0 Å². The maximum Gasteiger partial charge on any atom is 0.271 e. The van der Waals surface area contributed by atoms with E-state index in [4.69, 9.17) is 11.3 Å². The summed E-state index contributed by atoms with van der Waals surface area (Å²) in [4.78, 5) is 29.4. The van der Waals surface area contributed by atoms with E-state index in [1.807, 2.05) is 30.3 Å². The van der Waals surface area contributed by atoms with Crippen LogP contribution in [0.4, 0.5) is 0 Å². The summed E-state index contributed by atoms with van der Waals surface area (Å²) in [6.07, 6.45) is 2.02. The van der Waals surface area contributed by atoms with E-state index in [-0.39, 0.29) is 22.4 Å². The number of pyridine rings is 1. The van der Waals surface area contributed by atoms with Gasteiger partial charge in [0.25, 0.3) is 5.56 Å². The standard InChI is InChI=1S/C22H17N3O3S/c1-23-11-12-3-5-13(6-4-12)15-9-10-16-18(20(15)28-2)25(14-7-8-14)22-17(19(16)26)21(27)24-29-22/h3-6,9-10,14H,7-8,11H2,2H3,(H,24,27). The molecule has 5 rings (SSSR count). The van der Waals surface area contributed by atoms with E-state index in [0.717, 1.165) is 35.0 Å². The monoisotopic (exact) mass is 403 g/mol. The topological polar surface area (TPSA) is 68.5 Å². The van der Waals surface area contributed by atoms with Crippen molar-refractivity contribution in [3.63, 3.8) is 0 Å². The number of fused-ring (bicyclic) bond motifs is 2. The molecule has 0 bridgehead atoms. The Labute approximate surface area is 170 Å². The summed E-state index contributed by atoms with van der Waals surface area (Å²) >= 11 is 1.21. The van der Waals surface area contributed by atoms with E-state index in [9.17, 15) is 9.59 Å². The summed E-state index contributed by atoms with van der Waals surface area (Å²) in [5.74, 6) is 0.632. The Morgan fingerprint density at radius 1 is 1.21 bits per heavy atom. The van der Waals surface area contributed by atoms with Crippen molar-refractivity contribution in [2.24, 2.45) is 0 Å². The zero-order valence-corrected chi connectivity index (χ0v) is 16.5. The van der Waals surface area contributed by atoms with Gasteiger partial charge in [0.15, 0.2) is 5.75 Å². The summed E-state index contributed by atoms with van der Waals surface area (Å²) in [5, 5.41) is 0.728. The number of rotatable bonds is 4. The molecule has 0 saturated heterocycles. The molecule has 0 spiro atoms. The fraction of sp³-hybridized carbons (Fsp3) is 0.227. The van der Waals surface area contributed by atoms with Gasteiger partial charge in [-0.3, -0.25) is 14.0 Å². The van der Waals surface area contributed by atoms with Gasteiger partial charge in [0.05, 0.1) is 18.0 Å². The van der Waals surface area contributed by atoms with Crippen LogP contribution in [0, 0.1) is 6.57 Å². The molecule has 0 atom stereocenters. The van der Waals surface area contributed by atoms with Crippen molar-refractivity contribution in [3.8, 4) is 16.9 Å². The third-order valence-corrected chi connectivity index (χ3v) is 6.27. The summed E-state index contributed by atoms with van der Waals surface area (Å²) in [6, 6.07) is 11.7. The van der Waals surface area contributed by atoms with Gasteiger partial charge in [-0.1, -0.05) is 24.3 Å². The minimum absolute atomic E-state index is 0.229. The van der Waals surface area contributed by atoms with Crippen molar-refractivity contribution in [2.45, 2.75) is 25.4 Å². The van der Waals surface area contributed by atoms with Crippen LogP contribution in [0.2, 0.25) is 0 Å². The van der Waals surface area contributed by atoms with Crippen LogP contribution in [-0.2, 0) is 6.54 Å². The molecular formula is C22H17N3O3S. The van der Waals surface area contributed by atoms with Gasteiger partial charge in [0.1, 0.15) is 10.2 Å². The van der Waals surface area contributed by atoms with Gasteiger partial charge in [0.2, 0.25) is 12.0 Å². The van der Waals surface area contributed by atoms with Crippen molar-refractivity contribution >= 4 is 32.7 Å². The van der Waals surface area contributed by atoms with Crippen molar-refractivity contribution in [2.75, 3.05) is 7.11 Å². The van der Waals surface area contributed by atoms with Crippen LogP contribution in [0.15, 0.2) is 46.0 Å². The zero-order chi connectivity index (χ0) is 20.1. The Morgan fingerprint density at radius 2 is 1.97 bits per heavy atom. The highest BCUT2D eigenvalue weighted by atomic mass is 32.1. The molecule has 0 unspecified atom stereocenters. The third-order valence-electron chi connectivity index (χ3n) is 5.39. The number of hydrogen-bond donors (Lipinski definition) is 1. The molecular weight excluding hydrogens is 386 g/mol. The third kappa shape index (κ3) is 2.68. The van der Waals surface area contributed by atoms with Gasteiger partial charge in [-0.25, -0.2) is 6.57 Å². The lowest BCUT2D eigenvalue weighted by Crippen LogP contribution is -2.15. The summed E-state index contributed by atoms with van der Waals surface area (Å²) in [7, 11) is 1.61. The van der Waals surface area contributed by atoms with E-state index in [0.29, 0.717) is 22.5 Å². The molecule has 1 saturated carbocycles. The van der Waals surface area contributed by atoms with E-state index >= 15 is 0 Å².